The first kappa shape index (κ1) is 12.6. The van der Waals surface area contributed by atoms with Crippen LogP contribution in [0.15, 0.2) is 55.0 Å². The molecule has 0 aliphatic rings. The summed E-state index contributed by atoms with van der Waals surface area (Å²) in [6, 6.07) is 10.6. The molecule has 0 saturated heterocycles. The van der Waals surface area contributed by atoms with E-state index in [-0.39, 0.29) is 5.91 Å². The predicted molar refractivity (Wildman–Crippen MR) is 78.9 cm³/mol. The molecule has 3 rings (SSSR count). The molecular formula is C15H10ClN3O. The van der Waals surface area contributed by atoms with Crippen molar-refractivity contribution in [2.45, 2.75) is 0 Å². The first-order valence-corrected chi connectivity index (χ1v) is 6.37. The number of carbonyl (C=O) groups excluding carboxylic acids is 1. The van der Waals surface area contributed by atoms with Crippen LogP contribution in [-0.4, -0.2) is 15.9 Å². The van der Waals surface area contributed by atoms with E-state index in [1.165, 1.54) is 6.20 Å². The number of anilines is 1. The molecule has 0 bridgehead atoms. The van der Waals surface area contributed by atoms with E-state index in [0.717, 1.165) is 10.9 Å². The van der Waals surface area contributed by atoms with Crippen molar-refractivity contribution in [1.82, 2.24) is 9.97 Å². The fourth-order valence-electron chi connectivity index (χ4n) is 1.92. The highest BCUT2D eigenvalue weighted by Gasteiger charge is 2.08. The second kappa shape index (κ2) is 5.27. The van der Waals surface area contributed by atoms with Crippen molar-refractivity contribution in [3.8, 4) is 0 Å². The molecule has 3 aromatic rings. The van der Waals surface area contributed by atoms with E-state index in [2.05, 4.69) is 15.3 Å². The van der Waals surface area contributed by atoms with Gasteiger partial charge in [-0.1, -0.05) is 11.6 Å². The summed E-state index contributed by atoms with van der Waals surface area (Å²) in [6.07, 6.45) is 4.79. The van der Waals surface area contributed by atoms with Crippen LogP contribution in [0.25, 0.3) is 10.9 Å². The number of amides is 1. The van der Waals surface area contributed by atoms with Gasteiger partial charge < -0.3 is 5.32 Å². The van der Waals surface area contributed by atoms with Gasteiger partial charge in [0.05, 0.1) is 16.8 Å². The van der Waals surface area contributed by atoms with Gasteiger partial charge in [-0.15, -0.1) is 0 Å². The minimum atomic E-state index is -0.208. The Morgan fingerprint density at radius 3 is 2.85 bits per heavy atom. The summed E-state index contributed by atoms with van der Waals surface area (Å²) in [5.41, 5.74) is 1.94. The molecule has 1 N–H and O–H groups in total. The standard InChI is InChI=1S/C15H10ClN3O/c16-11-3-4-12-13(5-7-18-14(12)8-11)19-15(20)10-2-1-6-17-9-10/h1-9H,(H,18,19,20). The Morgan fingerprint density at radius 1 is 1.15 bits per heavy atom. The van der Waals surface area contributed by atoms with Crippen LogP contribution in [0, 0.1) is 0 Å². The van der Waals surface area contributed by atoms with Crippen molar-refractivity contribution in [3.05, 3.63) is 65.6 Å². The van der Waals surface area contributed by atoms with Gasteiger partial charge in [0.2, 0.25) is 0 Å². The number of aromatic nitrogens is 2. The van der Waals surface area contributed by atoms with Crippen LogP contribution in [0.5, 0.6) is 0 Å². The third kappa shape index (κ3) is 2.46. The number of rotatable bonds is 2. The van der Waals surface area contributed by atoms with Crippen LogP contribution >= 0.6 is 11.6 Å². The molecule has 0 spiro atoms. The van der Waals surface area contributed by atoms with Crippen molar-refractivity contribution in [2.75, 3.05) is 5.32 Å². The molecule has 98 valence electrons. The number of fused-ring (bicyclic) bond motifs is 1. The summed E-state index contributed by atoms with van der Waals surface area (Å²) < 4.78 is 0. The van der Waals surface area contributed by atoms with Gasteiger partial charge in [0, 0.05) is 29.0 Å². The Morgan fingerprint density at radius 2 is 2.05 bits per heavy atom. The fraction of sp³-hybridized carbons (Fsp3) is 0. The van der Waals surface area contributed by atoms with Gasteiger partial charge in [0.15, 0.2) is 0 Å². The summed E-state index contributed by atoms with van der Waals surface area (Å²) in [5, 5.41) is 4.31. The third-order valence-corrected chi connectivity index (χ3v) is 3.11. The zero-order valence-corrected chi connectivity index (χ0v) is 11.1. The number of nitrogens with one attached hydrogen (secondary N) is 1. The first-order chi connectivity index (χ1) is 9.74. The summed E-state index contributed by atoms with van der Waals surface area (Å²) >= 11 is 5.94. The van der Waals surface area contributed by atoms with Gasteiger partial charge in [-0.2, -0.15) is 0 Å². The summed E-state index contributed by atoms with van der Waals surface area (Å²) in [5.74, 6) is -0.208. The monoisotopic (exact) mass is 283 g/mol. The summed E-state index contributed by atoms with van der Waals surface area (Å²) in [6.45, 7) is 0. The van der Waals surface area contributed by atoms with E-state index >= 15 is 0 Å². The van der Waals surface area contributed by atoms with Gasteiger partial charge in [-0.3, -0.25) is 14.8 Å². The molecule has 2 heterocycles. The largest absolute Gasteiger partial charge is 0.321 e. The van der Waals surface area contributed by atoms with Gasteiger partial charge in [-0.25, -0.2) is 0 Å². The maximum absolute atomic E-state index is 12.1. The van der Waals surface area contributed by atoms with Crippen LogP contribution < -0.4 is 5.32 Å². The third-order valence-electron chi connectivity index (χ3n) is 2.88. The summed E-state index contributed by atoms with van der Waals surface area (Å²) in [7, 11) is 0. The van der Waals surface area contributed by atoms with E-state index in [4.69, 9.17) is 11.6 Å². The van der Waals surface area contributed by atoms with Crippen LogP contribution in [0.3, 0.4) is 0 Å². The lowest BCUT2D eigenvalue weighted by Gasteiger charge is -2.08. The number of carbonyl (C=O) groups is 1. The van der Waals surface area contributed by atoms with Crippen molar-refractivity contribution in [3.63, 3.8) is 0 Å². The Hall–Kier alpha value is -2.46. The van der Waals surface area contributed by atoms with E-state index in [1.807, 2.05) is 6.07 Å². The number of benzene rings is 1. The molecule has 2 aromatic heterocycles. The molecule has 0 unspecified atom stereocenters. The fourth-order valence-corrected chi connectivity index (χ4v) is 2.09. The van der Waals surface area contributed by atoms with Crippen molar-refractivity contribution in [2.24, 2.45) is 0 Å². The molecule has 0 aliphatic heterocycles. The van der Waals surface area contributed by atoms with Crippen molar-refractivity contribution >= 4 is 34.1 Å². The Balaban J connectivity index is 1.97. The van der Waals surface area contributed by atoms with Gasteiger partial charge in [-0.05, 0) is 36.4 Å². The molecule has 0 fully saturated rings. The zero-order chi connectivity index (χ0) is 13.9. The molecule has 4 nitrogen and oxygen atoms in total. The van der Waals surface area contributed by atoms with E-state index in [1.54, 1.807) is 42.7 Å². The second-order valence-corrected chi connectivity index (χ2v) is 4.65. The Kier molecular flexibility index (Phi) is 3.31. The zero-order valence-electron chi connectivity index (χ0n) is 10.4. The lowest BCUT2D eigenvalue weighted by Crippen LogP contribution is -2.12. The molecule has 20 heavy (non-hydrogen) atoms. The van der Waals surface area contributed by atoms with E-state index < -0.39 is 0 Å². The first-order valence-electron chi connectivity index (χ1n) is 6.00. The number of pyridine rings is 2. The molecule has 1 aromatic carbocycles. The molecule has 0 aliphatic carbocycles. The average Bonchev–Trinajstić information content (AvgIpc) is 2.48. The highest BCUT2D eigenvalue weighted by atomic mass is 35.5. The van der Waals surface area contributed by atoms with Crippen LogP contribution in [0.2, 0.25) is 5.02 Å². The Bertz CT molecular complexity index is 774. The molecule has 5 heteroatoms. The maximum atomic E-state index is 12.1. The minimum absolute atomic E-state index is 0.208. The number of nitrogens with zero attached hydrogens (tertiary/aromatic N) is 2. The predicted octanol–water partition coefficient (Wildman–Crippen LogP) is 3.54. The SMILES string of the molecule is O=C(Nc1ccnc2cc(Cl)ccc12)c1cccnc1. The van der Waals surface area contributed by atoms with Gasteiger partial charge in [0.1, 0.15) is 0 Å². The molecule has 0 radical (unpaired) electrons. The number of hydrogen-bond donors (Lipinski definition) is 1. The topological polar surface area (TPSA) is 54.9 Å². The molecule has 0 saturated carbocycles. The number of hydrogen-bond acceptors (Lipinski definition) is 3. The highest BCUT2D eigenvalue weighted by molar-refractivity contribution is 6.31. The van der Waals surface area contributed by atoms with Crippen LogP contribution in [-0.2, 0) is 0 Å². The lowest BCUT2D eigenvalue weighted by molar-refractivity contribution is 0.102. The van der Waals surface area contributed by atoms with E-state index in [9.17, 15) is 4.79 Å². The molecule has 1 amide bonds. The van der Waals surface area contributed by atoms with E-state index in [0.29, 0.717) is 16.3 Å². The smallest absolute Gasteiger partial charge is 0.257 e. The Labute approximate surface area is 120 Å². The maximum Gasteiger partial charge on any atom is 0.257 e. The summed E-state index contributed by atoms with van der Waals surface area (Å²) in [4.78, 5) is 20.3. The van der Waals surface area contributed by atoms with Crippen molar-refractivity contribution in [1.29, 1.82) is 0 Å². The van der Waals surface area contributed by atoms with Gasteiger partial charge in [0.25, 0.3) is 5.91 Å². The van der Waals surface area contributed by atoms with Gasteiger partial charge >= 0.3 is 0 Å². The van der Waals surface area contributed by atoms with Crippen LogP contribution in [0.1, 0.15) is 10.4 Å². The average molecular weight is 284 g/mol. The normalized spacial score (nSPS) is 10.4. The molecular weight excluding hydrogens is 274 g/mol. The minimum Gasteiger partial charge on any atom is -0.321 e. The second-order valence-electron chi connectivity index (χ2n) is 4.22. The van der Waals surface area contributed by atoms with Crippen molar-refractivity contribution < 1.29 is 4.79 Å². The highest BCUT2D eigenvalue weighted by Crippen LogP contribution is 2.24. The molecule has 0 atom stereocenters. The number of halogens is 1. The van der Waals surface area contributed by atoms with Crippen LogP contribution in [0.4, 0.5) is 5.69 Å². The lowest BCUT2D eigenvalue weighted by atomic mass is 10.2. The quantitative estimate of drug-likeness (QED) is 0.783.